The van der Waals surface area contributed by atoms with Gasteiger partial charge in [-0.3, -0.25) is 9.59 Å². The summed E-state index contributed by atoms with van der Waals surface area (Å²) in [6, 6.07) is 0. The Hall–Kier alpha value is -1.12. The van der Waals surface area contributed by atoms with Gasteiger partial charge in [-0.2, -0.15) is 0 Å². The number of cyclic esters (lactones) is 2. The molecule has 23 heavy (non-hydrogen) atoms. The molecular formula is C20H34O3. The van der Waals surface area contributed by atoms with Crippen LogP contribution in [0.4, 0.5) is 0 Å². The Morgan fingerprint density at radius 3 is 1.87 bits per heavy atom. The number of hydrogen-bond donors (Lipinski definition) is 0. The molecule has 0 unspecified atom stereocenters. The van der Waals surface area contributed by atoms with Gasteiger partial charge < -0.3 is 4.74 Å². The van der Waals surface area contributed by atoms with E-state index in [9.17, 15) is 9.59 Å². The fraction of sp³-hybridized carbons (Fsp3) is 0.800. The highest BCUT2D eigenvalue weighted by Gasteiger charge is 2.30. The highest BCUT2D eigenvalue weighted by Crippen LogP contribution is 2.18. The second kappa shape index (κ2) is 13.3. The molecule has 132 valence electrons. The smallest absolute Gasteiger partial charge is 0.321 e. The number of carbonyl (C=O) groups is 2. The molecule has 1 aliphatic rings. The molecule has 3 heteroatoms. The molecule has 0 N–H and O–H groups in total. The van der Waals surface area contributed by atoms with Crippen LogP contribution in [-0.2, 0) is 14.3 Å². The number of rotatable bonds is 14. The number of unbranched alkanes of at least 4 members (excludes halogenated alkanes) is 12. The molecule has 0 amide bonds. The molecule has 1 rings (SSSR count). The summed E-state index contributed by atoms with van der Waals surface area (Å²) in [4.78, 5) is 22.2. The van der Waals surface area contributed by atoms with Crippen molar-refractivity contribution in [1.82, 2.24) is 0 Å². The van der Waals surface area contributed by atoms with Crippen molar-refractivity contribution in [3.05, 3.63) is 12.2 Å². The molecule has 1 atom stereocenters. The monoisotopic (exact) mass is 322 g/mol. The summed E-state index contributed by atoms with van der Waals surface area (Å²) in [5.41, 5.74) is 0. The molecular weight excluding hydrogens is 288 g/mol. The summed E-state index contributed by atoms with van der Waals surface area (Å²) in [6.45, 7) is 2.26. The Bertz CT molecular complexity index is 360. The van der Waals surface area contributed by atoms with Gasteiger partial charge in [0.2, 0.25) is 0 Å². The average molecular weight is 322 g/mol. The van der Waals surface area contributed by atoms with Crippen molar-refractivity contribution in [3.8, 4) is 0 Å². The molecule has 0 saturated carbocycles. The molecule has 0 aliphatic carbocycles. The van der Waals surface area contributed by atoms with Gasteiger partial charge in [0.1, 0.15) is 0 Å². The van der Waals surface area contributed by atoms with Gasteiger partial charge in [0.15, 0.2) is 0 Å². The van der Waals surface area contributed by atoms with Crippen LogP contribution in [0.5, 0.6) is 0 Å². The lowest BCUT2D eigenvalue weighted by Gasteiger charge is -2.02. The molecule has 0 aromatic rings. The number of esters is 2. The number of carbonyl (C=O) groups excluding carboxylic acids is 2. The Morgan fingerprint density at radius 2 is 1.39 bits per heavy atom. The predicted octanol–water partition coefficient (Wildman–Crippen LogP) is 5.72. The molecule has 1 fully saturated rings. The Labute approximate surface area is 141 Å². The van der Waals surface area contributed by atoms with E-state index in [4.69, 9.17) is 0 Å². The molecule has 0 radical (unpaired) electrons. The second-order valence-corrected chi connectivity index (χ2v) is 6.71. The van der Waals surface area contributed by atoms with Crippen LogP contribution in [0.25, 0.3) is 0 Å². The first kappa shape index (κ1) is 19.9. The van der Waals surface area contributed by atoms with Crippen LogP contribution >= 0.6 is 0 Å². The van der Waals surface area contributed by atoms with Gasteiger partial charge in [-0.1, -0.05) is 89.7 Å². The van der Waals surface area contributed by atoms with Gasteiger partial charge in [-0.25, -0.2) is 0 Å². The zero-order valence-electron chi connectivity index (χ0n) is 14.9. The van der Waals surface area contributed by atoms with E-state index in [-0.39, 0.29) is 18.3 Å². The molecule has 0 aromatic carbocycles. The normalized spacial score (nSPS) is 18.0. The summed E-state index contributed by atoms with van der Waals surface area (Å²) in [5, 5.41) is 0. The second-order valence-electron chi connectivity index (χ2n) is 6.71. The van der Waals surface area contributed by atoms with Gasteiger partial charge in [0.25, 0.3) is 0 Å². The molecule has 0 bridgehead atoms. The zero-order chi connectivity index (χ0) is 16.8. The van der Waals surface area contributed by atoms with E-state index in [1.165, 1.54) is 77.0 Å². The Morgan fingerprint density at radius 1 is 0.870 bits per heavy atom. The average Bonchev–Trinajstić information content (AvgIpc) is 2.85. The third kappa shape index (κ3) is 10.3. The van der Waals surface area contributed by atoms with E-state index in [1.54, 1.807) is 0 Å². The minimum Gasteiger partial charge on any atom is -0.393 e. The van der Waals surface area contributed by atoms with Crippen molar-refractivity contribution in [3.63, 3.8) is 0 Å². The van der Waals surface area contributed by atoms with Crippen LogP contribution in [0.3, 0.4) is 0 Å². The predicted molar refractivity (Wildman–Crippen MR) is 94.0 cm³/mol. The van der Waals surface area contributed by atoms with E-state index < -0.39 is 5.97 Å². The van der Waals surface area contributed by atoms with Crippen molar-refractivity contribution in [2.75, 3.05) is 0 Å². The van der Waals surface area contributed by atoms with Crippen LogP contribution < -0.4 is 0 Å². The number of hydrogen-bond acceptors (Lipinski definition) is 3. The molecule has 0 aromatic heterocycles. The van der Waals surface area contributed by atoms with Crippen LogP contribution in [0.15, 0.2) is 12.2 Å². The summed E-state index contributed by atoms with van der Waals surface area (Å²) in [5.74, 6) is -1.12. The maximum absolute atomic E-state index is 11.3. The zero-order valence-corrected chi connectivity index (χ0v) is 14.9. The minimum absolute atomic E-state index is 0.216. The van der Waals surface area contributed by atoms with E-state index in [2.05, 4.69) is 11.7 Å². The Balaban J connectivity index is 1.81. The van der Waals surface area contributed by atoms with Crippen molar-refractivity contribution >= 4 is 11.9 Å². The Kier molecular flexibility index (Phi) is 11.5. The molecule has 1 heterocycles. The highest BCUT2D eigenvalue weighted by atomic mass is 16.6. The molecule has 1 aliphatic heterocycles. The van der Waals surface area contributed by atoms with E-state index in [0.717, 1.165) is 6.42 Å². The van der Waals surface area contributed by atoms with E-state index >= 15 is 0 Å². The van der Waals surface area contributed by atoms with Gasteiger partial charge in [-0.15, -0.1) is 0 Å². The van der Waals surface area contributed by atoms with Crippen molar-refractivity contribution in [2.45, 2.75) is 96.8 Å². The van der Waals surface area contributed by atoms with E-state index in [1.807, 2.05) is 12.2 Å². The molecule has 1 saturated heterocycles. The van der Waals surface area contributed by atoms with Crippen molar-refractivity contribution in [1.29, 1.82) is 0 Å². The lowest BCUT2D eigenvalue weighted by molar-refractivity contribution is -0.152. The summed E-state index contributed by atoms with van der Waals surface area (Å²) in [7, 11) is 0. The fourth-order valence-electron chi connectivity index (χ4n) is 3.00. The van der Waals surface area contributed by atoms with Crippen LogP contribution in [0.1, 0.15) is 96.8 Å². The first-order valence-electron chi connectivity index (χ1n) is 9.65. The number of ether oxygens (including phenoxy) is 1. The first-order chi connectivity index (χ1) is 11.2. The van der Waals surface area contributed by atoms with Crippen molar-refractivity contribution < 1.29 is 14.3 Å². The fourth-order valence-corrected chi connectivity index (χ4v) is 3.00. The maximum Gasteiger partial charge on any atom is 0.321 e. The minimum atomic E-state index is -0.394. The maximum atomic E-state index is 11.3. The highest BCUT2D eigenvalue weighted by molar-refractivity contribution is 5.95. The third-order valence-electron chi connectivity index (χ3n) is 4.50. The van der Waals surface area contributed by atoms with Crippen LogP contribution in [-0.4, -0.2) is 11.9 Å². The third-order valence-corrected chi connectivity index (χ3v) is 4.50. The number of allylic oxidation sites excluding steroid dienone is 1. The van der Waals surface area contributed by atoms with Crippen molar-refractivity contribution in [2.24, 2.45) is 5.92 Å². The van der Waals surface area contributed by atoms with Gasteiger partial charge >= 0.3 is 11.9 Å². The van der Waals surface area contributed by atoms with Crippen LogP contribution in [0.2, 0.25) is 0 Å². The molecule has 0 spiro atoms. The lowest BCUT2D eigenvalue weighted by Crippen LogP contribution is -2.03. The lowest BCUT2D eigenvalue weighted by atomic mass is 10.0. The van der Waals surface area contributed by atoms with E-state index in [0.29, 0.717) is 0 Å². The van der Waals surface area contributed by atoms with Crippen LogP contribution in [0, 0.1) is 5.92 Å². The SMILES string of the molecule is CCCCCCCCCCCCCC/C=C\[C@H]1CC(=O)OC1=O. The van der Waals surface area contributed by atoms with Gasteiger partial charge in [0.05, 0.1) is 12.3 Å². The molecule has 3 nitrogen and oxygen atoms in total. The first-order valence-corrected chi connectivity index (χ1v) is 9.65. The van der Waals surface area contributed by atoms with Gasteiger partial charge in [0, 0.05) is 0 Å². The summed E-state index contributed by atoms with van der Waals surface area (Å²) < 4.78 is 4.51. The summed E-state index contributed by atoms with van der Waals surface area (Å²) in [6.07, 6.45) is 21.3. The quantitative estimate of drug-likeness (QED) is 0.178. The summed E-state index contributed by atoms with van der Waals surface area (Å²) >= 11 is 0. The standard InChI is InChI=1S/C20H34O3/c1-2-3-4-5-6-7-8-9-10-11-12-13-14-15-16-18-17-19(21)23-20(18)22/h15-16,18H,2-14,17H2,1H3/b16-15-/t18-/m0/s1. The topological polar surface area (TPSA) is 43.4 Å². The van der Waals surface area contributed by atoms with Gasteiger partial charge in [-0.05, 0) is 12.8 Å². The largest absolute Gasteiger partial charge is 0.393 e.